The van der Waals surface area contributed by atoms with Crippen molar-refractivity contribution in [3.05, 3.63) is 29.8 Å². The number of aryl methyl sites for hydroxylation is 1. The highest BCUT2D eigenvalue weighted by Gasteiger charge is 2.24. The fourth-order valence-corrected chi connectivity index (χ4v) is 3.59. The molecule has 1 N–H and O–H groups in total. The number of anilines is 1. The van der Waals surface area contributed by atoms with Gasteiger partial charge in [-0.05, 0) is 37.0 Å². The zero-order valence-electron chi connectivity index (χ0n) is 15.7. The van der Waals surface area contributed by atoms with E-state index in [-0.39, 0.29) is 11.8 Å². The molecule has 2 aliphatic rings. The first kappa shape index (κ1) is 18.9. The molecule has 0 atom stereocenters. The summed E-state index contributed by atoms with van der Waals surface area (Å²) in [6.07, 6.45) is 3.27. The second-order valence-electron chi connectivity index (χ2n) is 7.24. The van der Waals surface area contributed by atoms with Crippen LogP contribution in [0.25, 0.3) is 0 Å². The Balaban J connectivity index is 1.37. The van der Waals surface area contributed by atoms with E-state index in [1.54, 1.807) is 0 Å². The van der Waals surface area contributed by atoms with Crippen LogP contribution in [0.5, 0.6) is 0 Å². The van der Waals surface area contributed by atoms with Crippen molar-refractivity contribution in [1.82, 2.24) is 14.7 Å². The molecule has 26 heavy (non-hydrogen) atoms. The summed E-state index contributed by atoms with van der Waals surface area (Å²) in [7, 11) is 0. The molecule has 6 heteroatoms. The van der Waals surface area contributed by atoms with E-state index in [1.807, 2.05) is 29.2 Å². The number of carbonyl (C=O) groups excluding carboxylic acids is 2. The first-order valence-electron chi connectivity index (χ1n) is 9.75. The number of hydrogen-bond donors (Lipinski definition) is 1. The maximum absolute atomic E-state index is 12.2. The van der Waals surface area contributed by atoms with Crippen molar-refractivity contribution in [3.63, 3.8) is 0 Å². The van der Waals surface area contributed by atoms with Crippen molar-refractivity contribution in [2.75, 3.05) is 57.7 Å². The smallest absolute Gasteiger partial charge is 0.238 e. The van der Waals surface area contributed by atoms with Gasteiger partial charge in [-0.25, -0.2) is 0 Å². The summed E-state index contributed by atoms with van der Waals surface area (Å²) in [5, 5.41) is 2.97. The van der Waals surface area contributed by atoms with E-state index in [2.05, 4.69) is 22.0 Å². The summed E-state index contributed by atoms with van der Waals surface area (Å²) in [4.78, 5) is 30.8. The summed E-state index contributed by atoms with van der Waals surface area (Å²) in [5.41, 5.74) is 2.12. The van der Waals surface area contributed by atoms with Gasteiger partial charge in [-0.1, -0.05) is 19.1 Å². The first-order valence-corrected chi connectivity index (χ1v) is 9.75. The summed E-state index contributed by atoms with van der Waals surface area (Å²) >= 11 is 0. The van der Waals surface area contributed by atoms with Gasteiger partial charge in [0.1, 0.15) is 0 Å². The zero-order chi connectivity index (χ0) is 18.4. The van der Waals surface area contributed by atoms with Crippen molar-refractivity contribution in [1.29, 1.82) is 0 Å². The molecule has 0 radical (unpaired) electrons. The summed E-state index contributed by atoms with van der Waals surface area (Å²) < 4.78 is 0. The third-order valence-corrected chi connectivity index (χ3v) is 5.30. The fourth-order valence-electron chi connectivity index (χ4n) is 3.59. The maximum atomic E-state index is 12.2. The Morgan fingerprint density at radius 3 is 2.04 bits per heavy atom. The number of rotatable bonds is 6. The molecule has 2 saturated heterocycles. The number of carbonyl (C=O) groups is 2. The van der Waals surface area contributed by atoms with E-state index in [0.29, 0.717) is 13.1 Å². The van der Waals surface area contributed by atoms with Crippen LogP contribution in [0.2, 0.25) is 0 Å². The number of benzene rings is 1. The SMILES string of the molecule is CCc1ccc(NC(=O)CN2CCN(CC(=O)N3CCCC3)CC2)cc1. The van der Waals surface area contributed by atoms with Crippen molar-refractivity contribution in [2.24, 2.45) is 0 Å². The highest BCUT2D eigenvalue weighted by Crippen LogP contribution is 2.11. The predicted molar refractivity (Wildman–Crippen MR) is 103 cm³/mol. The van der Waals surface area contributed by atoms with E-state index in [0.717, 1.165) is 64.2 Å². The molecule has 2 fully saturated rings. The van der Waals surface area contributed by atoms with E-state index in [9.17, 15) is 9.59 Å². The molecular formula is C20H30N4O2. The normalized spacial score (nSPS) is 18.9. The lowest BCUT2D eigenvalue weighted by Gasteiger charge is -2.34. The Hall–Kier alpha value is -1.92. The van der Waals surface area contributed by atoms with Crippen molar-refractivity contribution in [3.8, 4) is 0 Å². The molecule has 0 aliphatic carbocycles. The van der Waals surface area contributed by atoms with Crippen LogP contribution in [-0.2, 0) is 16.0 Å². The molecule has 142 valence electrons. The molecule has 1 aromatic rings. The van der Waals surface area contributed by atoms with Gasteiger partial charge < -0.3 is 10.2 Å². The van der Waals surface area contributed by atoms with Crippen LogP contribution in [0.3, 0.4) is 0 Å². The van der Waals surface area contributed by atoms with Gasteiger partial charge in [0.25, 0.3) is 0 Å². The average Bonchev–Trinajstić information content (AvgIpc) is 3.19. The van der Waals surface area contributed by atoms with Crippen LogP contribution in [0.15, 0.2) is 24.3 Å². The summed E-state index contributed by atoms with van der Waals surface area (Å²) in [6.45, 7) is 8.22. The lowest BCUT2D eigenvalue weighted by atomic mass is 10.1. The Morgan fingerprint density at radius 1 is 0.885 bits per heavy atom. The van der Waals surface area contributed by atoms with E-state index < -0.39 is 0 Å². The van der Waals surface area contributed by atoms with Gasteiger partial charge in [-0.2, -0.15) is 0 Å². The van der Waals surface area contributed by atoms with Crippen LogP contribution in [0.4, 0.5) is 5.69 Å². The molecule has 2 heterocycles. The molecule has 0 spiro atoms. The molecule has 0 bridgehead atoms. The quantitative estimate of drug-likeness (QED) is 0.836. The fraction of sp³-hybridized carbons (Fsp3) is 0.600. The molecule has 6 nitrogen and oxygen atoms in total. The monoisotopic (exact) mass is 358 g/mol. The minimum Gasteiger partial charge on any atom is -0.342 e. The minimum atomic E-state index is 0.0239. The van der Waals surface area contributed by atoms with Crippen LogP contribution in [0.1, 0.15) is 25.3 Å². The van der Waals surface area contributed by atoms with Crippen LogP contribution < -0.4 is 5.32 Å². The Morgan fingerprint density at radius 2 is 1.46 bits per heavy atom. The second kappa shape index (κ2) is 9.14. The standard InChI is InChI=1S/C20H30N4O2/c1-2-17-5-7-18(8-6-17)21-19(25)15-22-11-13-23(14-12-22)16-20(26)24-9-3-4-10-24/h5-8H,2-4,9-16H2,1H3,(H,21,25). The van der Waals surface area contributed by atoms with Gasteiger partial charge in [-0.3, -0.25) is 19.4 Å². The van der Waals surface area contributed by atoms with E-state index in [4.69, 9.17) is 0 Å². The molecule has 0 unspecified atom stereocenters. The molecule has 2 aliphatic heterocycles. The number of amides is 2. The maximum Gasteiger partial charge on any atom is 0.238 e. The zero-order valence-corrected chi connectivity index (χ0v) is 15.7. The summed E-state index contributed by atoms with van der Waals surface area (Å²) in [6, 6.07) is 8.01. The highest BCUT2D eigenvalue weighted by atomic mass is 16.2. The predicted octanol–water partition coefficient (Wildman–Crippen LogP) is 1.43. The number of nitrogens with one attached hydrogen (secondary N) is 1. The van der Waals surface area contributed by atoms with Crippen molar-refractivity contribution < 1.29 is 9.59 Å². The third-order valence-electron chi connectivity index (χ3n) is 5.30. The Labute approximate surface area is 156 Å². The molecular weight excluding hydrogens is 328 g/mol. The number of piperazine rings is 1. The van der Waals surface area contributed by atoms with Crippen molar-refractivity contribution in [2.45, 2.75) is 26.2 Å². The molecule has 3 rings (SSSR count). The molecule has 0 saturated carbocycles. The first-order chi connectivity index (χ1) is 12.6. The van der Waals surface area contributed by atoms with E-state index in [1.165, 1.54) is 5.56 Å². The molecule has 1 aromatic carbocycles. The lowest BCUT2D eigenvalue weighted by Crippen LogP contribution is -2.51. The van der Waals surface area contributed by atoms with Gasteiger partial charge in [0, 0.05) is 45.0 Å². The van der Waals surface area contributed by atoms with Gasteiger partial charge >= 0.3 is 0 Å². The van der Waals surface area contributed by atoms with E-state index >= 15 is 0 Å². The largest absolute Gasteiger partial charge is 0.342 e. The topological polar surface area (TPSA) is 55.9 Å². The third kappa shape index (κ3) is 5.29. The Kier molecular flexibility index (Phi) is 6.63. The number of nitrogens with zero attached hydrogens (tertiary/aromatic N) is 3. The van der Waals surface area contributed by atoms with Gasteiger partial charge in [0.2, 0.25) is 11.8 Å². The number of likely N-dealkylation sites (tertiary alicyclic amines) is 1. The highest BCUT2D eigenvalue weighted by molar-refractivity contribution is 5.92. The molecule has 0 aromatic heterocycles. The Bertz CT molecular complexity index is 603. The van der Waals surface area contributed by atoms with Crippen LogP contribution in [0, 0.1) is 0 Å². The molecule has 2 amide bonds. The average molecular weight is 358 g/mol. The van der Waals surface area contributed by atoms with Crippen LogP contribution in [-0.4, -0.2) is 78.9 Å². The second-order valence-corrected chi connectivity index (χ2v) is 7.24. The van der Waals surface area contributed by atoms with Gasteiger partial charge in [0.05, 0.1) is 13.1 Å². The summed E-state index contributed by atoms with van der Waals surface area (Å²) in [5.74, 6) is 0.278. The van der Waals surface area contributed by atoms with Gasteiger partial charge in [0.15, 0.2) is 0 Å². The van der Waals surface area contributed by atoms with Crippen LogP contribution >= 0.6 is 0 Å². The van der Waals surface area contributed by atoms with Crippen molar-refractivity contribution >= 4 is 17.5 Å². The number of hydrogen-bond acceptors (Lipinski definition) is 4. The lowest BCUT2D eigenvalue weighted by molar-refractivity contribution is -0.132. The minimum absolute atomic E-state index is 0.0239. The van der Waals surface area contributed by atoms with Gasteiger partial charge in [-0.15, -0.1) is 0 Å².